The van der Waals surface area contributed by atoms with E-state index in [1.165, 1.54) is 0 Å². The fourth-order valence-corrected chi connectivity index (χ4v) is 2.88. The van der Waals surface area contributed by atoms with Crippen LogP contribution in [0.25, 0.3) is 11.1 Å². The third-order valence-electron chi connectivity index (χ3n) is 4.14. The lowest BCUT2D eigenvalue weighted by molar-refractivity contribution is 1.31. The van der Waals surface area contributed by atoms with Crippen molar-refractivity contribution in [2.24, 2.45) is 0 Å². The number of rotatable bonds is 0. The maximum Gasteiger partial charge on any atom is 0.113 e. The summed E-state index contributed by atoms with van der Waals surface area (Å²) in [5.41, 5.74) is 5.17. The highest BCUT2D eigenvalue weighted by Crippen LogP contribution is 2.29. The lowest BCUT2D eigenvalue weighted by atomic mass is 9.61. The van der Waals surface area contributed by atoms with E-state index in [9.17, 15) is 0 Å². The fourth-order valence-electron chi connectivity index (χ4n) is 2.88. The van der Waals surface area contributed by atoms with Crippen molar-refractivity contribution in [3.63, 3.8) is 0 Å². The van der Waals surface area contributed by atoms with E-state index in [0.29, 0.717) is 39.4 Å². The molecule has 2 aromatic rings. The molecule has 3 rings (SSSR count). The monoisotopic (exact) mass is 246 g/mol. The van der Waals surface area contributed by atoms with E-state index in [4.69, 9.17) is 62.8 Å². The second-order valence-corrected chi connectivity index (χ2v) is 5.19. The fraction of sp³-hybridized carbons (Fsp3) is 0.0769. The van der Waals surface area contributed by atoms with Gasteiger partial charge in [0, 0.05) is 0 Å². The second kappa shape index (κ2) is 4.73. The highest BCUT2D eigenvalue weighted by molar-refractivity contribution is 6.67. The Morgan fingerprint density at radius 1 is 0.381 bits per heavy atom. The molecular weight excluding hydrogens is 243 g/mol. The van der Waals surface area contributed by atoms with Crippen molar-refractivity contribution < 1.29 is 0 Å². The van der Waals surface area contributed by atoms with E-state index in [-0.39, 0.29) is 21.9 Å². The van der Waals surface area contributed by atoms with E-state index in [1.807, 2.05) is 0 Å². The lowest BCUT2D eigenvalue weighted by Crippen LogP contribution is -2.51. The van der Waals surface area contributed by atoms with Crippen LogP contribution in [0.15, 0.2) is 0 Å². The Bertz CT molecular complexity index is 742. The van der Waals surface area contributed by atoms with Gasteiger partial charge in [-0.25, -0.2) is 0 Å². The van der Waals surface area contributed by atoms with Gasteiger partial charge < -0.3 is 0 Å². The molecule has 16 radical (unpaired) electrons. The maximum absolute atomic E-state index is 6.10. The smallest absolute Gasteiger partial charge is 0.111 e. The van der Waals surface area contributed by atoms with Crippen LogP contribution in [0.5, 0.6) is 0 Å². The van der Waals surface area contributed by atoms with Gasteiger partial charge in [0.2, 0.25) is 0 Å². The van der Waals surface area contributed by atoms with Gasteiger partial charge >= 0.3 is 0 Å². The van der Waals surface area contributed by atoms with Crippen molar-refractivity contribution in [1.82, 2.24) is 0 Å². The van der Waals surface area contributed by atoms with Crippen molar-refractivity contribution in [3.8, 4) is 11.1 Å². The number of hydrogen-bond acceptors (Lipinski definition) is 0. The molecule has 8 heteroatoms. The van der Waals surface area contributed by atoms with Crippen LogP contribution >= 0.6 is 0 Å². The van der Waals surface area contributed by atoms with Gasteiger partial charge in [-0.2, -0.15) is 0 Å². The normalized spacial score (nSPS) is 12.2. The predicted octanol–water partition coefficient (Wildman–Crippen LogP) is -6.39. The van der Waals surface area contributed by atoms with Gasteiger partial charge in [-0.3, -0.25) is 0 Å². The minimum Gasteiger partial charge on any atom is -0.111 e. The quantitative estimate of drug-likeness (QED) is 0.345. The molecule has 0 fully saturated rings. The number of fused-ring (bicyclic) bond motifs is 3. The summed E-state index contributed by atoms with van der Waals surface area (Å²) >= 11 is 0. The summed E-state index contributed by atoms with van der Waals surface area (Å²) in [7, 11) is 47.9. The molecule has 0 spiro atoms. The largest absolute Gasteiger partial charge is 0.113 e. The van der Waals surface area contributed by atoms with Gasteiger partial charge in [0.05, 0.1) is 0 Å². The summed E-state index contributed by atoms with van der Waals surface area (Å²) < 4.78 is 0. The standard InChI is InChI=1S/C13H2B8/c14-6-2-1-3-5(4(2)8(16)12(20)10(6)18)9(17)13(21)11(19)7(3)15/h1H2. The molecule has 1 aliphatic rings. The van der Waals surface area contributed by atoms with Crippen molar-refractivity contribution in [1.29, 1.82) is 0 Å². The molecule has 78 valence electrons. The molecule has 0 saturated carbocycles. The van der Waals surface area contributed by atoms with Gasteiger partial charge in [0.15, 0.2) is 0 Å². The summed E-state index contributed by atoms with van der Waals surface area (Å²) in [5.74, 6) is 0. The molecule has 0 aliphatic heterocycles. The van der Waals surface area contributed by atoms with Crippen LogP contribution in [-0.2, 0) is 6.42 Å². The molecule has 21 heavy (non-hydrogen) atoms. The summed E-state index contributed by atoms with van der Waals surface area (Å²) in [6.45, 7) is 0. The molecule has 2 aromatic carbocycles. The summed E-state index contributed by atoms with van der Waals surface area (Å²) in [6, 6.07) is 0. The van der Waals surface area contributed by atoms with E-state index in [1.54, 1.807) is 0 Å². The van der Waals surface area contributed by atoms with Gasteiger partial charge in [-0.05, 0) is 28.7 Å². The zero-order valence-corrected chi connectivity index (χ0v) is 11.3. The zero-order valence-electron chi connectivity index (χ0n) is 11.3. The van der Waals surface area contributed by atoms with Crippen LogP contribution in [0.3, 0.4) is 0 Å². The van der Waals surface area contributed by atoms with E-state index >= 15 is 0 Å². The van der Waals surface area contributed by atoms with Gasteiger partial charge in [-0.1, -0.05) is 10.9 Å². The summed E-state index contributed by atoms with van der Waals surface area (Å²) in [4.78, 5) is 0. The molecule has 0 N–H and O–H groups in total. The second-order valence-electron chi connectivity index (χ2n) is 5.19. The van der Waals surface area contributed by atoms with Gasteiger partial charge in [-0.15, -0.1) is 32.8 Å². The minimum absolute atomic E-state index is 0.229. The van der Waals surface area contributed by atoms with Crippen molar-refractivity contribution in [2.75, 3.05) is 0 Å². The van der Waals surface area contributed by atoms with Crippen LogP contribution in [0.2, 0.25) is 0 Å². The first-order valence-electron chi connectivity index (χ1n) is 6.27. The first-order chi connectivity index (χ1) is 9.77. The molecular formula is C13H2B8. The van der Waals surface area contributed by atoms with Crippen LogP contribution in [0.1, 0.15) is 11.1 Å². The number of hydrogen-bond donors (Lipinski definition) is 0. The summed E-state index contributed by atoms with van der Waals surface area (Å²) in [6.07, 6.45) is 0.436. The van der Waals surface area contributed by atoms with E-state index < -0.39 is 0 Å². The third-order valence-corrected chi connectivity index (χ3v) is 4.14. The molecule has 0 nitrogen and oxygen atoms in total. The Morgan fingerprint density at radius 3 is 1.00 bits per heavy atom. The van der Waals surface area contributed by atoms with Crippen LogP contribution in [0.4, 0.5) is 0 Å². The van der Waals surface area contributed by atoms with Gasteiger partial charge in [0.1, 0.15) is 62.8 Å². The van der Waals surface area contributed by atoms with E-state index in [2.05, 4.69) is 0 Å². The molecule has 0 bridgehead atoms. The molecule has 0 amide bonds. The highest BCUT2D eigenvalue weighted by atomic mass is 14.3. The van der Waals surface area contributed by atoms with Crippen LogP contribution < -0.4 is 43.7 Å². The Kier molecular flexibility index (Phi) is 3.35. The number of benzene rings is 2. The SMILES string of the molecule is [B]c1c([B])c([B])c2c(c1[B])Cc1c([B])c([B])c([B])c([B])c1-2. The topological polar surface area (TPSA) is 0 Å². The highest BCUT2D eigenvalue weighted by Gasteiger charge is 2.27. The first kappa shape index (κ1) is 14.9. The molecule has 0 atom stereocenters. The molecule has 0 saturated heterocycles. The lowest BCUT2D eigenvalue weighted by Gasteiger charge is -2.21. The Labute approximate surface area is 135 Å². The van der Waals surface area contributed by atoms with Gasteiger partial charge in [0.25, 0.3) is 0 Å². The molecule has 0 aromatic heterocycles. The molecule has 0 heterocycles. The Balaban J connectivity index is 2.49. The van der Waals surface area contributed by atoms with Crippen LogP contribution in [-0.4, -0.2) is 62.8 Å². The van der Waals surface area contributed by atoms with Crippen molar-refractivity contribution in [2.45, 2.75) is 6.42 Å². The van der Waals surface area contributed by atoms with Crippen molar-refractivity contribution >= 4 is 106 Å². The Hall–Kier alpha value is -1.04. The average Bonchev–Trinajstić information content (AvgIpc) is 2.87. The average molecular weight is 245 g/mol. The van der Waals surface area contributed by atoms with E-state index in [0.717, 1.165) is 11.1 Å². The molecule has 1 aliphatic carbocycles. The van der Waals surface area contributed by atoms with Crippen molar-refractivity contribution in [3.05, 3.63) is 11.1 Å². The first-order valence-corrected chi connectivity index (χ1v) is 6.27. The summed E-state index contributed by atoms with van der Waals surface area (Å²) in [5, 5.41) is 0. The predicted molar refractivity (Wildman–Crippen MR) is 97.8 cm³/mol. The van der Waals surface area contributed by atoms with Crippen LogP contribution in [0, 0.1) is 0 Å². The zero-order chi connectivity index (χ0) is 15.6. The Morgan fingerprint density at radius 2 is 0.667 bits per heavy atom. The minimum atomic E-state index is 0.229. The maximum atomic E-state index is 6.10. The molecule has 0 unspecified atom stereocenters. The third kappa shape index (κ3) is 1.81.